The molecule has 6 nitrogen and oxygen atoms in total. The van der Waals surface area contributed by atoms with E-state index in [0.717, 1.165) is 24.5 Å². The fourth-order valence-corrected chi connectivity index (χ4v) is 2.68. The van der Waals surface area contributed by atoms with Crippen LogP contribution in [0.15, 0.2) is 24.3 Å². The lowest BCUT2D eigenvalue weighted by Crippen LogP contribution is -2.50. The van der Waals surface area contributed by atoms with Crippen molar-refractivity contribution in [2.45, 2.75) is 45.7 Å². The van der Waals surface area contributed by atoms with Gasteiger partial charge in [0.25, 0.3) is 0 Å². The number of benzene rings is 1. The Kier molecular flexibility index (Phi) is 6.20. The average molecular weight is 332 g/mol. The molecule has 0 aliphatic carbocycles. The minimum atomic E-state index is -0.641. The van der Waals surface area contributed by atoms with Crippen molar-refractivity contribution in [2.24, 2.45) is 11.7 Å². The molecule has 1 unspecified atom stereocenters. The lowest BCUT2D eigenvalue weighted by molar-refractivity contribution is -0.127. The van der Waals surface area contributed by atoms with Crippen molar-refractivity contribution in [3.63, 3.8) is 0 Å². The number of rotatable bonds is 6. The summed E-state index contributed by atoms with van der Waals surface area (Å²) in [5.41, 5.74) is 7.65. The van der Waals surface area contributed by atoms with Crippen LogP contribution in [-0.2, 0) is 9.59 Å². The molecule has 1 aromatic carbocycles. The zero-order chi connectivity index (χ0) is 17.7. The Bertz CT molecular complexity index is 582. The first kappa shape index (κ1) is 18.3. The van der Waals surface area contributed by atoms with Crippen LogP contribution >= 0.6 is 0 Å². The summed E-state index contributed by atoms with van der Waals surface area (Å²) < 4.78 is 0. The van der Waals surface area contributed by atoms with Gasteiger partial charge in [0.05, 0.1) is 6.04 Å². The molecule has 1 aliphatic rings. The van der Waals surface area contributed by atoms with Gasteiger partial charge in [0.15, 0.2) is 0 Å². The molecule has 1 saturated heterocycles. The lowest BCUT2D eigenvalue weighted by atomic mass is 10.0. The summed E-state index contributed by atoms with van der Waals surface area (Å²) in [5, 5.41) is 5.52. The topological polar surface area (TPSA) is 87.5 Å². The van der Waals surface area contributed by atoms with Gasteiger partial charge in [0.2, 0.25) is 11.8 Å². The minimum Gasteiger partial charge on any atom is -0.371 e. The van der Waals surface area contributed by atoms with E-state index in [4.69, 9.17) is 5.73 Å². The third kappa shape index (κ3) is 4.71. The molecule has 132 valence electrons. The second-order valence-corrected chi connectivity index (χ2v) is 6.73. The standard InChI is InChI=1S/C18H28N4O2/c1-12(2)16(19)18(24)20-13(3)17(23)21-14-7-6-8-15(11-14)22-9-4-5-10-22/h6-8,11-13,16H,4-5,9-10,19H2,1-3H3,(H,20,24)(H,21,23)/t13?,16-/m0/s1. The predicted octanol–water partition coefficient (Wildman–Crippen LogP) is 1.71. The summed E-state index contributed by atoms with van der Waals surface area (Å²) in [7, 11) is 0. The van der Waals surface area contributed by atoms with Crippen LogP contribution < -0.4 is 21.3 Å². The molecule has 0 spiro atoms. The second-order valence-electron chi connectivity index (χ2n) is 6.73. The normalized spacial score (nSPS) is 16.8. The van der Waals surface area contributed by atoms with Gasteiger partial charge in [-0.3, -0.25) is 9.59 Å². The second kappa shape index (κ2) is 8.15. The predicted molar refractivity (Wildman–Crippen MR) is 96.9 cm³/mol. The van der Waals surface area contributed by atoms with Gasteiger partial charge in [-0.1, -0.05) is 19.9 Å². The largest absolute Gasteiger partial charge is 0.371 e. The Labute approximate surface area is 143 Å². The van der Waals surface area contributed by atoms with E-state index in [1.165, 1.54) is 12.8 Å². The summed E-state index contributed by atoms with van der Waals surface area (Å²) in [4.78, 5) is 26.6. The van der Waals surface area contributed by atoms with Crippen molar-refractivity contribution in [3.8, 4) is 0 Å². The van der Waals surface area contributed by atoms with E-state index in [-0.39, 0.29) is 17.7 Å². The van der Waals surface area contributed by atoms with E-state index < -0.39 is 12.1 Å². The van der Waals surface area contributed by atoms with Gasteiger partial charge in [-0.2, -0.15) is 0 Å². The zero-order valence-electron chi connectivity index (χ0n) is 14.7. The first-order valence-corrected chi connectivity index (χ1v) is 8.60. The van der Waals surface area contributed by atoms with Crippen molar-refractivity contribution < 1.29 is 9.59 Å². The molecule has 0 aromatic heterocycles. The number of nitrogens with zero attached hydrogens (tertiary/aromatic N) is 1. The number of hydrogen-bond donors (Lipinski definition) is 3. The molecule has 6 heteroatoms. The van der Waals surface area contributed by atoms with Crippen LogP contribution in [0, 0.1) is 5.92 Å². The van der Waals surface area contributed by atoms with Crippen LogP contribution in [0.5, 0.6) is 0 Å². The molecule has 24 heavy (non-hydrogen) atoms. The number of amides is 2. The molecule has 2 amide bonds. The number of carbonyl (C=O) groups excluding carboxylic acids is 2. The molecule has 4 N–H and O–H groups in total. The minimum absolute atomic E-state index is 0.0254. The summed E-state index contributed by atoms with van der Waals surface area (Å²) in [6.45, 7) is 7.51. The maximum absolute atomic E-state index is 12.3. The van der Waals surface area contributed by atoms with Gasteiger partial charge in [0.1, 0.15) is 6.04 Å². The fourth-order valence-electron chi connectivity index (χ4n) is 2.68. The fraction of sp³-hybridized carbons (Fsp3) is 0.556. The molecule has 1 aromatic rings. The quantitative estimate of drug-likeness (QED) is 0.740. The molecular formula is C18H28N4O2. The average Bonchev–Trinajstić information content (AvgIpc) is 3.08. The Balaban J connectivity index is 1.93. The molecule has 1 aliphatic heterocycles. The molecule has 2 atom stereocenters. The number of nitrogens with two attached hydrogens (primary N) is 1. The molecule has 0 radical (unpaired) electrons. The molecule has 1 fully saturated rings. The highest BCUT2D eigenvalue weighted by molar-refractivity contribution is 5.97. The SMILES string of the molecule is CC(NC(=O)[C@@H](N)C(C)C)C(=O)Nc1cccc(N2CCCC2)c1. The van der Waals surface area contributed by atoms with E-state index in [1.807, 2.05) is 38.1 Å². The summed E-state index contributed by atoms with van der Waals surface area (Å²) >= 11 is 0. The smallest absolute Gasteiger partial charge is 0.246 e. The van der Waals surface area contributed by atoms with Gasteiger partial charge >= 0.3 is 0 Å². The maximum atomic E-state index is 12.3. The highest BCUT2D eigenvalue weighted by Crippen LogP contribution is 2.23. The van der Waals surface area contributed by atoms with Crippen LogP contribution in [0.4, 0.5) is 11.4 Å². The first-order chi connectivity index (χ1) is 11.4. The first-order valence-electron chi connectivity index (χ1n) is 8.60. The van der Waals surface area contributed by atoms with Crippen LogP contribution in [-0.4, -0.2) is 37.0 Å². The molecule has 1 heterocycles. The van der Waals surface area contributed by atoms with E-state index in [2.05, 4.69) is 15.5 Å². The third-order valence-electron chi connectivity index (χ3n) is 4.36. The lowest BCUT2D eigenvalue weighted by Gasteiger charge is -2.20. The monoisotopic (exact) mass is 332 g/mol. The Morgan fingerprint density at radius 1 is 1.12 bits per heavy atom. The Morgan fingerprint density at radius 3 is 2.42 bits per heavy atom. The van der Waals surface area contributed by atoms with Gasteiger partial charge in [-0.25, -0.2) is 0 Å². The Hall–Kier alpha value is -2.08. The summed E-state index contributed by atoms with van der Waals surface area (Å²) in [6.07, 6.45) is 2.41. The highest BCUT2D eigenvalue weighted by Gasteiger charge is 2.22. The van der Waals surface area contributed by atoms with Crippen molar-refractivity contribution in [1.29, 1.82) is 0 Å². The molecule has 0 bridgehead atoms. The summed E-state index contributed by atoms with van der Waals surface area (Å²) in [6, 6.07) is 6.55. The molecule has 0 saturated carbocycles. The van der Waals surface area contributed by atoms with E-state index in [1.54, 1.807) is 6.92 Å². The van der Waals surface area contributed by atoms with Crippen LogP contribution in [0.1, 0.15) is 33.6 Å². The zero-order valence-corrected chi connectivity index (χ0v) is 14.7. The number of hydrogen-bond acceptors (Lipinski definition) is 4. The van der Waals surface area contributed by atoms with Gasteiger partial charge < -0.3 is 21.3 Å². The Morgan fingerprint density at radius 2 is 1.79 bits per heavy atom. The van der Waals surface area contributed by atoms with Crippen LogP contribution in [0.3, 0.4) is 0 Å². The number of anilines is 2. The van der Waals surface area contributed by atoms with Gasteiger partial charge in [-0.15, -0.1) is 0 Å². The van der Waals surface area contributed by atoms with E-state index in [0.29, 0.717) is 0 Å². The van der Waals surface area contributed by atoms with Crippen molar-refractivity contribution in [1.82, 2.24) is 5.32 Å². The summed E-state index contributed by atoms with van der Waals surface area (Å²) in [5.74, 6) is -0.534. The number of nitrogens with one attached hydrogen (secondary N) is 2. The van der Waals surface area contributed by atoms with Crippen molar-refractivity contribution >= 4 is 23.2 Å². The third-order valence-corrected chi connectivity index (χ3v) is 4.36. The van der Waals surface area contributed by atoms with E-state index >= 15 is 0 Å². The maximum Gasteiger partial charge on any atom is 0.246 e. The van der Waals surface area contributed by atoms with Crippen LogP contribution in [0.25, 0.3) is 0 Å². The number of carbonyl (C=O) groups is 2. The van der Waals surface area contributed by atoms with Gasteiger partial charge in [0, 0.05) is 24.5 Å². The molecule has 2 rings (SSSR count). The molecular weight excluding hydrogens is 304 g/mol. The van der Waals surface area contributed by atoms with Gasteiger partial charge in [-0.05, 0) is 43.9 Å². The van der Waals surface area contributed by atoms with Crippen molar-refractivity contribution in [2.75, 3.05) is 23.3 Å². The van der Waals surface area contributed by atoms with E-state index in [9.17, 15) is 9.59 Å². The van der Waals surface area contributed by atoms with Crippen molar-refractivity contribution in [3.05, 3.63) is 24.3 Å². The highest BCUT2D eigenvalue weighted by atomic mass is 16.2. The van der Waals surface area contributed by atoms with Crippen LogP contribution in [0.2, 0.25) is 0 Å².